The van der Waals surface area contributed by atoms with Crippen LogP contribution in [0.4, 0.5) is 14.7 Å². The van der Waals surface area contributed by atoms with Crippen LogP contribution in [-0.2, 0) is 0 Å². The standard InChI is InChI=1S/C15H10FN3S3/c1-20-9-5-3-7-11-13(9)18-15(22-11)19-14-17-12-8(16)4-2-6-10(12)21-14/h2-7H,1H3,(H,17,18,19). The Morgan fingerprint density at radius 2 is 1.59 bits per heavy atom. The third-order valence-electron chi connectivity index (χ3n) is 3.19. The fourth-order valence-corrected chi connectivity index (χ4v) is 4.67. The SMILES string of the molecule is CSc1cccc2sc(Nc3nc4c(F)cccc4s3)nc12. The molecule has 0 saturated heterocycles. The minimum Gasteiger partial charge on any atom is -0.307 e. The maximum atomic E-state index is 13.7. The molecule has 2 heterocycles. The Hall–Kier alpha value is -1.70. The van der Waals surface area contributed by atoms with Crippen LogP contribution in [0.3, 0.4) is 0 Å². The van der Waals surface area contributed by atoms with Crippen LogP contribution in [0, 0.1) is 5.82 Å². The summed E-state index contributed by atoms with van der Waals surface area (Å²) in [4.78, 5) is 10.1. The molecule has 2 aromatic heterocycles. The Bertz CT molecular complexity index is 977. The highest BCUT2D eigenvalue weighted by Gasteiger charge is 2.11. The molecule has 7 heteroatoms. The van der Waals surface area contributed by atoms with E-state index in [1.165, 1.54) is 17.4 Å². The number of nitrogens with zero attached hydrogens (tertiary/aromatic N) is 2. The van der Waals surface area contributed by atoms with Crippen molar-refractivity contribution in [1.29, 1.82) is 0 Å². The molecule has 0 fully saturated rings. The second-order valence-corrected chi connectivity index (χ2v) is 7.47. The fourth-order valence-electron chi connectivity index (χ4n) is 2.20. The lowest BCUT2D eigenvalue weighted by molar-refractivity contribution is 0.637. The van der Waals surface area contributed by atoms with Gasteiger partial charge in [-0.2, -0.15) is 0 Å². The van der Waals surface area contributed by atoms with E-state index in [1.54, 1.807) is 29.2 Å². The Balaban J connectivity index is 1.74. The van der Waals surface area contributed by atoms with E-state index in [4.69, 9.17) is 0 Å². The number of fused-ring (bicyclic) bond motifs is 2. The zero-order valence-corrected chi connectivity index (χ0v) is 13.9. The van der Waals surface area contributed by atoms with Crippen LogP contribution >= 0.6 is 34.4 Å². The number of anilines is 2. The number of halogens is 1. The molecule has 0 bridgehead atoms. The number of hydrogen-bond acceptors (Lipinski definition) is 6. The van der Waals surface area contributed by atoms with E-state index in [2.05, 4.69) is 27.4 Å². The lowest BCUT2D eigenvalue weighted by atomic mass is 10.3. The van der Waals surface area contributed by atoms with Crippen molar-refractivity contribution in [2.75, 3.05) is 11.6 Å². The van der Waals surface area contributed by atoms with E-state index in [9.17, 15) is 4.39 Å². The van der Waals surface area contributed by atoms with Gasteiger partial charge in [-0.25, -0.2) is 14.4 Å². The molecule has 4 aromatic rings. The topological polar surface area (TPSA) is 37.8 Å². The van der Waals surface area contributed by atoms with E-state index in [-0.39, 0.29) is 5.82 Å². The van der Waals surface area contributed by atoms with Crippen LogP contribution in [0.1, 0.15) is 0 Å². The Kier molecular flexibility index (Phi) is 3.48. The average Bonchev–Trinajstić information content (AvgIpc) is 3.10. The minimum absolute atomic E-state index is 0.296. The summed E-state index contributed by atoms with van der Waals surface area (Å²) in [7, 11) is 0. The van der Waals surface area contributed by atoms with Crippen LogP contribution < -0.4 is 5.32 Å². The van der Waals surface area contributed by atoms with Crippen molar-refractivity contribution in [3.8, 4) is 0 Å². The van der Waals surface area contributed by atoms with Crippen molar-refractivity contribution < 1.29 is 4.39 Å². The molecule has 0 aliphatic carbocycles. The quantitative estimate of drug-likeness (QED) is 0.496. The Morgan fingerprint density at radius 1 is 0.955 bits per heavy atom. The number of nitrogens with one attached hydrogen (secondary N) is 1. The van der Waals surface area contributed by atoms with Gasteiger partial charge < -0.3 is 5.32 Å². The van der Waals surface area contributed by atoms with E-state index in [1.807, 2.05) is 18.4 Å². The molecule has 0 unspecified atom stereocenters. The second-order valence-electron chi connectivity index (χ2n) is 4.56. The molecular weight excluding hydrogens is 337 g/mol. The lowest BCUT2D eigenvalue weighted by Gasteiger charge is -1.95. The highest BCUT2D eigenvalue weighted by Crippen LogP contribution is 2.35. The first-order valence-electron chi connectivity index (χ1n) is 6.50. The van der Waals surface area contributed by atoms with Crippen LogP contribution in [0.25, 0.3) is 20.4 Å². The monoisotopic (exact) mass is 347 g/mol. The first-order valence-corrected chi connectivity index (χ1v) is 9.36. The summed E-state index contributed by atoms with van der Waals surface area (Å²) in [6.07, 6.45) is 2.04. The van der Waals surface area contributed by atoms with Crippen LogP contribution in [0.2, 0.25) is 0 Å². The number of thioether (sulfide) groups is 1. The molecule has 4 rings (SSSR count). The van der Waals surface area contributed by atoms with Gasteiger partial charge in [-0.3, -0.25) is 0 Å². The summed E-state index contributed by atoms with van der Waals surface area (Å²) in [6.45, 7) is 0. The normalized spacial score (nSPS) is 11.4. The van der Waals surface area contributed by atoms with Crippen molar-refractivity contribution in [2.45, 2.75) is 4.90 Å². The molecule has 0 aliphatic rings. The molecule has 110 valence electrons. The van der Waals surface area contributed by atoms with E-state index < -0.39 is 0 Å². The summed E-state index contributed by atoms with van der Waals surface area (Å²) in [6, 6.07) is 11.1. The minimum atomic E-state index is -0.296. The molecule has 2 aromatic carbocycles. The third-order valence-corrected chi connectivity index (χ3v) is 5.83. The zero-order valence-electron chi connectivity index (χ0n) is 11.5. The van der Waals surface area contributed by atoms with E-state index in [0.717, 1.165) is 24.9 Å². The van der Waals surface area contributed by atoms with Gasteiger partial charge in [0, 0.05) is 4.90 Å². The predicted octanol–water partition coefficient (Wildman–Crippen LogP) is 5.51. The van der Waals surface area contributed by atoms with Crippen LogP contribution in [-0.4, -0.2) is 16.2 Å². The highest BCUT2D eigenvalue weighted by atomic mass is 32.2. The predicted molar refractivity (Wildman–Crippen MR) is 94.3 cm³/mol. The van der Waals surface area contributed by atoms with Gasteiger partial charge in [0.15, 0.2) is 10.3 Å². The summed E-state index contributed by atoms with van der Waals surface area (Å²) in [5.41, 5.74) is 1.40. The maximum absolute atomic E-state index is 13.7. The first-order chi connectivity index (χ1) is 10.7. The van der Waals surface area contributed by atoms with Gasteiger partial charge in [-0.1, -0.05) is 34.8 Å². The Labute approximate surface area is 138 Å². The van der Waals surface area contributed by atoms with Crippen molar-refractivity contribution in [3.63, 3.8) is 0 Å². The van der Waals surface area contributed by atoms with Crippen molar-refractivity contribution in [1.82, 2.24) is 9.97 Å². The number of benzene rings is 2. The molecule has 0 spiro atoms. The third kappa shape index (κ3) is 2.35. The van der Waals surface area contributed by atoms with Crippen LogP contribution in [0.5, 0.6) is 0 Å². The van der Waals surface area contributed by atoms with Crippen LogP contribution in [0.15, 0.2) is 41.3 Å². The van der Waals surface area contributed by atoms with Gasteiger partial charge >= 0.3 is 0 Å². The molecular formula is C15H10FN3S3. The molecule has 3 nitrogen and oxygen atoms in total. The van der Waals surface area contributed by atoms with Crippen molar-refractivity contribution in [3.05, 3.63) is 42.2 Å². The van der Waals surface area contributed by atoms with Gasteiger partial charge in [0.05, 0.1) is 14.9 Å². The van der Waals surface area contributed by atoms with Crippen molar-refractivity contribution in [2.24, 2.45) is 0 Å². The molecule has 0 saturated carbocycles. The smallest absolute Gasteiger partial charge is 0.190 e. The van der Waals surface area contributed by atoms with Crippen molar-refractivity contribution >= 4 is 65.1 Å². The Morgan fingerprint density at radius 3 is 2.27 bits per heavy atom. The molecule has 1 N–H and O–H groups in total. The van der Waals surface area contributed by atoms with E-state index in [0.29, 0.717) is 10.6 Å². The zero-order chi connectivity index (χ0) is 15.1. The number of rotatable bonds is 3. The van der Waals surface area contributed by atoms with Gasteiger partial charge in [-0.05, 0) is 30.5 Å². The molecule has 0 aliphatic heterocycles. The van der Waals surface area contributed by atoms with Gasteiger partial charge in [-0.15, -0.1) is 11.8 Å². The number of aromatic nitrogens is 2. The summed E-state index contributed by atoms with van der Waals surface area (Å²) in [5, 5.41) is 4.63. The highest BCUT2D eigenvalue weighted by molar-refractivity contribution is 7.98. The van der Waals surface area contributed by atoms with Gasteiger partial charge in [0.25, 0.3) is 0 Å². The first kappa shape index (κ1) is 13.9. The molecule has 0 atom stereocenters. The number of thiazole rings is 2. The lowest BCUT2D eigenvalue weighted by Crippen LogP contribution is -1.88. The van der Waals surface area contributed by atoms with E-state index >= 15 is 0 Å². The summed E-state index contributed by atoms with van der Waals surface area (Å²) in [5.74, 6) is -0.296. The molecule has 0 radical (unpaired) electrons. The fraction of sp³-hybridized carbons (Fsp3) is 0.0667. The largest absolute Gasteiger partial charge is 0.307 e. The van der Waals surface area contributed by atoms with Gasteiger partial charge in [0.1, 0.15) is 11.3 Å². The summed E-state index contributed by atoms with van der Waals surface area (Å²) >= 11 is 4.68. The number of hydrogen-bond donors (Lipinski definition) is 1. The molecule has 22 heavy (non-hydrogen) atoms. The average molecular weight is 347 g/mol. The number of para-hydroxylation sites is 2. The maximum Gasteiger partial charge on any atom is 0.190 e. The second kappa shape index (κ2) is 5.49. The molecule has 0 amide bonds. The summed E-state index contributed by atoms with van der Waals surface area (Å²) < 4.78 is 15.7. The van der Waals surface area contributed by atoms with Gasteiger partial charge in [0.2, 0.25) is 0 Å².